The predicted octanol–water partition coefficient (Wildman–Crippen LogP) is 1.71. The van der Waals surface area contributed by atoms with E-state index >= 15 is 0 Å². The molecule has 0 rings (SSSR count). The van der Waals surface area contributed by atoms with Crippen LogP contribution in [0.2, 0.25) is 0 Å². The lowest BCUT2D eigenvalue weighted by atomic mass is 10.5. The van der Waals surface area contributed by atoms with E-state index < -0.39 is 0 Å². The fourth-order valence-electron chi connectivity index (χ4n) is 0.536. The summed E-state index contributed by atoms with van der Waals surface area (Å²) >= 11 is 0. The Morgan fingerprint density at radius 3 is 2.80 bits per heavy atom. The van der Waals surface area contributed by atoms with Crippen molar-refractivity contribution in [2.75, 3.05) is 6.54 Å². The molecular weight excluding hydrogens is 124 g/mol. The summed E-state index contributed by atoms with van der Waals surface area (Å²) in [5.41, 5.74) is 0. The molecule has 0 radical (unpaired) electrons. The zero-order valence-electron chi connectivity index (χ0n) is 6.59. The molecule has 0 bridgehead atoms. The van der Waals surface area contributed by atoms with Crippen LogP contribution in [-0.4, -0.2) is 12.8 Å². The molecule has 0 unspecified atom stereocenters. The molecule has 0 spiro atoms. The number of nitrogens with one attached hydrogen (secondary N) is 1. The van der Waals surface area contributed by atoms with Crippen LogP contribution in [0, 0.1) is 0 Å². The number of rotatable bonds is 4. The highest BCUT2D eigenvalue weighted by molar-refractivity contribution is 5.71. The number of nitrogens with zero attached hydrogens (tertiary/aromatic N) is 1. The molecule has 0 aromatic rings. The Hall–Kier alpha value is -1.05. The van der Waals surface area contributed by atoms with Crippen LogP contribution < -0.4 is 5.32 Å². The van der Waals surface area contributed by atoms with Gasteiger partial charge in [-0.2, -0.15) is 0 Å². The lowest BCUT2D eigenvalue weighted by Crippen LogP contribution is -2.09. The summed E-state index contributed by atoms with van der Waals surface area (Å²) in [6.07, 6.45) is 5.24. The SMILES string of the molecule is C=C/C=N\C(=C/C)NCC. The molecule has 1 N–H and O–H groups in total. The van der Waals surface area contributed by atoms with Crippen LogP contribution in [-0.2, 0) is 0 Å². The largest absolute Gasteiger partial charge is 0.371 e. The Morgan fingerprint density at radius 1 is 1.70 bits per heavy atom. The minimum absolute atomic E-state index is 0.891. The van der Waals surface area contributed by atoms with Gasteiger partial charge in [0.15, 0.2) is 0 Å². The van der Waals surface area contributed by atoms with Gasteiger partial charge in [0.05, 0.1) is 0 Å². The molecular formula is C8H14N2. The first-order valence-corrected chi connectivity index (χ1v) is 3.40. The van der Waals surface area contributed by atoms with E-state index in [1.807, 2.05) is 19.9 Å². The lowest BCUT2D eigenvalue weighted by Gasteiger charge is -1.99. The van der Waals surface area contributed by atoms with Gasteiger partial charge in [0, 0.05) is 12.8 Å². The summed E-state index contributed by atoms with van der Waals surface area (Å²) in [5, 5.41) is 3.08. The van der Waals surface area contributed by atoms with Gasteiger partial charge in [-0.3, -0.25) is 0 Å². The summed E-state index contributed by atoms with van der Waals surface area (Å²) < 4.78 is 0. The van der Waals surface area contributed by atoms with Crippen molar-refractivity contribution in [2.24, 2.45) is 4.99 Å². The zero-order valence-corrected chi connectivity index (χ0v) is 6.59. The molecule has 0 amide bonds. The molecule has 56 valence electrons. The van der Waals surface area contributed by atoms with Gasteiger partial charge in [-0.15, -0.1) is 0 Å². The molecule has 0 fully saturated rings. The van der Waals surface area contributed by atoms with Crippen LogP contribution in [0.3, 0.4) is 0 Å². The molecule has 2 heteroatoms. The van der Waals surface area contributed by atoms with Gasteiger partial charge in [-0.05, 0) is 19.9 Å². The molecule has 0 aliphatic carbocycles. The van der Waals surface area contributed by atoms with Gasteiger partial charge in [0.1, 0.15) is 5.82 Å². The van der Waals surface area contributed by atoms with Crippen molar-refractivity contribution in [3.63, 3.8) is 0 Å². The molecule has 0 aliphatic rings. The van der Waals surface area contributed by atoms with Crippen LogP contribution in [0.5, 0.6) is 0 Å². The van der Waals surface area contributed by atoms with E-state index in [0.29, 0.717) is 0 Å². The molecule has 0 aromatic carbocycles. The van der Waals surface area contributed by atoms with Gasteiger partial charge in [0.25, 0.3) is 0 Å². The number of hydrogen-bond acceptors (Lipinski definition) is 2. The molecule has 0 aliphatic heterocycles. The van der Waals surface area contributed by atoms with Crippen molar-refractivity contribution in [1.82, 2.24) is 5.32 Å². The summed E-state index contributed by atoms with van der Waals surface area (Å²) in [4.78, 5) is 4.06. The summed E-state index contributed by atoms with van der Waals surface area (Å²) in [6.45, 7) is 8.40. The van der Waals surface area contributed by atoms with Crippen molar-refractivity contribution in [1.29, 1.82) is 0 Å². The fraction of sp³-hybridized carbons (Fsp3) is 0.375. The molecule has 0 saturated heterocycles. The molecule has 0 aromatic heterocycles. The van der Waals surface area contributed by atoms with Crippen LogP contribution in [0.15, 0.2) is 29.5 Å². The van der Waals surface area contributed by atoms with Crippen LogP contribution in [0.1, 0.15) is 13.8 Å². The average Bonchev–Trinajstić information content (AvgIpc) is 1.98. The Labute approximate surface area is 62.4 Å². The third-order valence-electron chi connectivity index (χ3n) is 0.950. The summed E-state index contributed by atoms with van der Waals surface area (Å²) in [6, 6.07) is 0. The van der Waals surface area contributed by atoms with E-state index in [1.165, 1.54) is 0 Å². The first-order valence-electron chi connectivity index (χ1n) is 3.40. The van der Waals surface area contributed by atoms with Gasteiger partial charge in [0.2, 0.25) is 0 Å². The first-order chi connectivity index (χ1) is 4.85. The topological polar surface area (TPSA) is 24.4 Å². The second kappa shape index (κ2) is 6.08. The number of aliphatic imine (C=N–C) groups is 1. The molecule has 2 nitrogen and oxygen atoms in total. The van der Waals surface area contributed by atoms with E-state index in [4.69, 9.17) is 0 Å². The van der Waals surface area contributed by atoms with Crippen LogP contribution in [0.25, 0.3) is 0 Å². The van der Waals surface area contributed by atoms with Crippen molar-refractivity contribution >= 4 is 6.21 Å². The fourth-order valence-corrected chi connectivity index (χ4v) is 0.536. The molecule has 0 heterocycles. The number of hydrogen-bond donors (Lipinski definition) is 1. The quantitative estimate of drug-likeness (QED) is 0.588. The zero-order chi connectivity index (χ0) is 7.82. The summed E-state index contributed by atoms with van der Waals surface area (Å²) in [7, 11) is 0. The molecule has 0 saturated carbocycles. The maximum Gasteiger partial charge on any atom is 0.121 e. The monoisotopic (exact) mass is 138 g/mol. The van der Waals surface area contributed by atoms with E-state index in [2.05, 4.69) is 16.9 Å². The van der Waals surface area contributed by atoms with Crippen molar-refractivity contribution < 1.29 is 0 Å². The first kappa shape index (κ1) is 8.95. The minimum atomic E-state index is 0.891. The van der Waals surface area contributed by atoms with Gasteiger partial charge in [-0.1, -0.05) is 12.7 Å². The third-order valence-corrected chi connectivity index (χ3v) is 0.950. The van der Waals surface area contributed by atoms with Crippen molar-refractivity contribution in [3.8, 4) is 0 Å². The van der Waals surface area contributed by atoms with E-state index in [1.54, 1.807) is 12.3 Å². The van der Waals surface area contributed by atoms with Crippen molar-refractivity contribution in [3.05, 3.63) is 24.6 Å². The Balaban J connectivity index is 3.84. The normalized spacial score (nSPS) is 12.0. The Morgan fingerprint density at radius 2 is 2.40 bits per heavy atom. The average molecular weight is 138 g/mol. The Bertz CT molecular complexity index is 145. The standard InChI is InChI=1S/C8H14N2/c1-4-7-10-8(5-2)9-6-3/h4-5,7,9H,1,6H2,2-3H3/b8-5-,10-7-. The Kier molecular flexibility index (Phi) is 5.44. The van der Waals surface area contributed by atoms with E-state index in [9.17, 15) is 0 Å². The maximum atomic E-state index is 4.06. The second-order valence-corrected chi connectivity index (χ2v) is 1.72. The number of allylic oxidation sites excluding steroid dienone is 2. The van der Waals surface area contributed by atoms with Crippen LogP contribution >= 0.6 is 0 Å². The van der Waals surface area contributed by atoms with Gasteiger partial charge >= 0.3 is 0 Å². The maximum absolute atomic E-state index is 4.06. The van der Waals surface area contributed by atoms with Crippen LogP contribution in [0.4, 0.5) is 0 Å². The van der Waals surface area contributed by atoms with Gasteiger partial charge in [-0.25, -0.2) is 4.99 Å². The molecule has 10 heavy (non-hydrogen) atoms. The lowest BCUT2D eigenvalue weighted by molar-refractivity contribution is 0.840. The second-order valence-electron chi connectivity index (χ2n) is 1.72. The van der Waals surface area contributed by atoms with E-state index in [0.717, 1.165) is 12.4 Å². The predicted molar refractivity (Wildman–Crippen MR) is 46.1 cm³/mol. The highest BCUT2D eigenvalue weighted by Crippen LogP contribution is 1.87. The van der Waals surface area contributed by atoms with Gasteiger partial charge < -0.3 is 5.32 Å². The van der Waals surface area contributed by atoms with Crippen molar-refractivity contribution in [2.45, 2.75) is 13.8 Å². The smallest absolute Gasteiger partial charge is 0.121 e. The highest BCUT2D eigenvalue weighted by Gasteiger charge is 1.83. The van der Waals surface area contributed by atoms with E-state index in [-0.39, 0.29) is 0 Å². The third kappa shape index (κ3) is 3.89. The molecule has 0 atom stereocenters. The summed E-state index contributed by atoms with van der Waals surface area (Å²) in [5.74, 6) is 0.891. The minimum Gasteiger partial charge on any atom is -0.371 e. The highest BCUT2D eigenvalue weighted by atomic mass is 15.0.